The van der Waals surface area contributed by atoms with Gasteiger partial charge in [0.25, 0.3) is 0 Å². The van der Waals surface area contributed by atoms with E-state index in [-0.39, 0.29) is 5.28 Å². The van der Waals surface area contributed by atoms with Crippen molar-refractivity contribution in [2.24, 2.45) is 0 Å². The number of fused-ring (bicyclic) bond motifs is 1. The van der Waals surface area contributed by atoms with E-state index in [0.717, 1.165) is 16.6 Å². The van der Waals surface area contributed by atoms with Crippen molar-refractivity contribution in [1.82, 2.24) is 25.1 Å². The van der Waals surface area contributed by atoms with Crippen LogP contribution in [0.5, 0.6) is 0 Å². The molecule has 0 amide bonds. The molecule has 3 aromatic rings. The zero-order valence-electron chi connectivity index (χ0n) is 8.05. The first-order valence-electron chi connectivity index (χ1n) is 4.62. The molecule has 1 aromatic carbocycles. The van der Waals surface area contributed by atoms with Crippen molar-refractivity contribution in [3.05, 3.63) is 35.9 Å². The van der Waals surface area contributed by atoms with Crippen LogP contribution in [0.3, 0.4) is 0 Å². The molecule has 2 aromatic heterocycles. The summed E-state index contributed by atoms with van der Waals surface area (Å²) < 4.78 is 0. The lowest BCUT2D eigenvalue weighted by Crippen LogP contribution is -1.85. The molecule has 2 heterocycles. The van der Waals surface area contributed by atoms with Gasteiger partial charge in [0.15, 0.2) is 5.82 Å². The van der Waals surface area contributed by atoms with Crippen molar-refractivity contribution >= 4 is 22.6 Å². The van der Waals surface area contributed by atoms with Gasteiger partial charge in [-0.25, -0.2) is 5.10 Å². The second-order valence-electron chi connectivity index (χ2n) is 3.21. The number of hydrogen-bond donors (Lipinski definition) is 1. The predicted molar refractivity (Wildman–Crippen MR) is 59.9 cm³/mol. The highest BCUT2D eigenvalue weighted by atomic mass is 35.5. The Balaban J connectivity index is 2.18. The maximum absolute atomic E-state index is 5.67. The lowest BCUT2D eigenvalue weighted by atomic mass is 10.2. The van der Waals surface area contributed by atoms with Crippen molar-refractivity contribution in [2.45, 2.75) is 0 Å². The molecule has 5 nitrogen and oxygen atoms in total. The van der Waals surface area contributed by atoms with Gasteiger partial charge >= 0.3 is 0 Å². The van der Waals surface area contributed by atoms with Crippen LogP contribution in [0, 0.1) is 0 Å². The van der Waals surface area contributed by atoms with Gasteiger partial charge in [-0.2, -0.15) is 10.1 Å². The maximum Gasteiger partial charge on any atom is 0.218 e. The van der Waals surface area contributed by atoms with E-state index < -0.39 is 0 Å². The van der Waals surface area contributed by atoms with Crippen molar-refractivity contribution in [2.75, 3.05) is 0 Å². The molecule has 0 unspecified atom stereocenters. The Morgan fingerprint density at radius 1 is 1.06 bits per heavy atom. The number of halogens is 1. The second kappa shape index (κ2) is 3.53. The molecule has 0 aliphatic rings. The van der Waals surface area contributed by atoms with Crippen LogP contribution in [0.2, 0.25) is 5.28 Å². The molecule has 3 rings (SSSR count). The summed E-state index contributed by atoms with van der Waals surface area (Å²) in [7, 11) is 0. The molecule has 78 valence electrons. The number of rotatable bonds is 1. The minimum atomic E-state index is 0.272. The summed E-state index contributed by atoms with van der Waals surface area (Å²) in [5.41, 5.74) is 2.50. The van der Waals surface area contributed by atoms with E-state index in [9.17, 15) is 0 Å². The number of H-pyrrole nitrogens is 1. The maximum atomic E-state index is 5.67. The summed E-state index contributed by atoms with van der Waals surface area (Å²) >= 11 is 5.67. The third kappa shape index (κ3) is 1.51. The van der Waals surface area contributed by atoms with Gasteiger partial charge in [-0.1, -0.05) is 0 Å². The average Bonchev–Trinajstić information content (AvgIpc) is 2.75. The van der Waals surface area contributed by atoms with Crippen LogP contribution in [-0.2, 0) is 0 Å². The highest BCUT2D eigenvalue weighted by molar-refractivity contribution is 6.28. The highest BCUT2D eigenvalue weighted by Gasteiger charge is 2.05. The summed E-state index contributed by atoms with van der Waals surface area (Å²) in [5.74, 6) is 0.553. The number of aromatic nitrogens is 5. The van der Waals surface area contributed by atoms with Crippen LogP contribution >= 0.6 is 11.6 Å². The van der Waals surface area contributed by atoms with Crippen molar-refractivity contribution in [1.29, 1.82) is 0 Å². The van der Waals surface area contributed by atoms with Crippen molar-refractivity contribution < 1.29 is 0 Å². The number of hydrogen-bond acceptors (Lipinski definition) is 4. The topological polar surface area (TPSA) is 67.3 Å². The van der Waals surface area contributed by atoms with Crippen LogP contribution in [-0.4, -0.2) is 25.1 Å². The number of nitrogens with one attached hydrogen (secondary N) is 1. The fraction of sp³-hybridized carbons (Fsp3) is 0. The summed E-state index contributed by atoms with van der Waals surface area (Å²) in [4.78, 5) is 12.4. The first-order chi connectivity index (χ1) is 7.83. The Hall–Kier alpha value is -2.01. The van der Waals surface area contributed by atoms with E-state index in [1.54, 1.807) is 12.4 Å². The fourth-order valence-electron chi connectivity index (χ4n) is 1.47. The monoisotopic (exact) mass is 231 g/mol. The first-order valence-corrected chi connectivity index (χ1v) is 5.00. The van der Waals surface area contributed by atoms with E-state index in [2.05, 4.69) is 25.1 Å². The fourth-order valence-corrected chi connectivity index (χ4v) is 1.60. The summed E-state index contributed by atoms with van der Waals surface area (Å²) in [6.07, 6.45) is 3.31. The van der Waals surface area contributed by atoms with E-state index >= 15 is 0 Å². The van der Waals surface area contributed by atoms with Crippen LogP contribution < -0.4 is 0 Å². The van der Waals surface area contributed by atoms with E-state index in [1.807, 2.05) is 18.2 Å². The molecule has 16 heavy (non-hydrogen) atoms. The van der Waals surface area contributed by atoms with Crippen molar-refractivity contribution in [3.63, 3.8) is 0 Å². The molecule has 6 heteroatoms. The van der Waals surface area contributed by atoms with Crippen LogP contribution in [0.4, 0.5) is 0 Å². The number of aromatic amines is 1. The Morgan fingerprint density at radius 3 is 2.62 bits per heavy atom. The van der Waals surface area contributed by atoms with Gasteiger partial charge in [0.1, 0.15) is 0 Å². The molecule has 0 bridgehead atoms. The highest BCUT2D eigenvalue weighted by Crippen LogP contribution is 2.19. The Bertz CT molecular complexity index is 648. The third-order valence-corrected chi connectivity index (χ3v) is 2.35. The number of benzene rings is 1. The molecule has 0 fully saturated rings. The molecule has 1 N–H and O–H groups in total. The molecule has 0 aliphatic carbocycles. The standard InChI is InChI=1S/C10H6ClN5/c11-10-14-9(15-16-10)6-1-2-7-8(5-6)13-4-3-12-7/h1-5H,(H,14,15,16). The van der Waals surface area contributed by atoms with E-state index in [4.69, 9.17) is 11.6 Å². The summed E-state index contributed by atoms with van der Waals surface area (Å²) in [6.45, 7) is 0. The Kier molecular flexibility index (Phi) is 2.04. The van der Waals surface area contributed by atoms with E-state index in [0.29, 0.717) is 5.82 Å². The lowest BCUT2D eigenvalue weighted by Gasteiger charge is -1.97. The predicted octanol–water partition coefficient (Wildman–Crippen LogP) is 2.07. The average molecular weight is 232 g/mol. The third-order valence-electron chi connectivity index (χ3n) is 2.19. The van der Waals surface area contributed by atoms with E-state index in [1.165, 1.54) is 0 Å². The number of nitrogens with zero attached hydrogens (tertiary/aromatic N) is 4. The second-order valence-corrected chi connectivity index (χ2v) is 3.57. The Labute approximate surface area is 95.5 Å². The van der Waals surface area contributed by atoms with Crippen LogP contribution in [0.1, 0.15) is 0 Å². The normalized spacial score (nSPS) is 10.8. The largest absolute Gasteiger partial charge is 0.253 e. The SMILES string of the molecule is Clc1nc(-c2ccc3nccnc3c2)n[nH]1. The molecule has 0 atom stereocenters. The smallest absolute Gasteiger partial charge is 0.218 e. The van der Waals surface area contributed by atoms with Gasteiger partial charge in [-0.3, -0.25) is 9.97 Å². The van der Waals surface area contributed by atoms with Gasteiger partial charge < -0.3 is 0 Å². The zero-order valence-corrected chi connectivity index (χ0v) is 8.81. The molecule has 0 saturated carbocycles. The molecular formula is C10H6ClN5. The van der Waals surface area contributed by atoms with Gasteiger partial charge in [-0.05, 0) is 29.8 Å². The van der Waals surface area contributed by atoms with Gasteiger partial charge in [0.05, 0.1) is 11.0 Å². The minimum absolute atomic E-state index is 0.272. The first kappa shape index (κ1) is 9.23. The molecular weight excluding hydrogens is 226 g/mol. The van der Waals surface area contributed by atoms with Gasteiger partial charge in [0, 0.05) is 18.0 Å². The van der Waals surface area contributed by atoms with Crippen LogP contribution in [0.25, 0.3) is 22.4 Å². The molecule has 0 saturated heterocycles. The molecule has 0 radical (unpaired) electrons. The zero-order chi connectivity index (χ0) is 11.0. The van der Waals surface area contributed by atoms with Crippen LogP contribution in [0.15, 0.2) is 30.6 Å². The summed E-state index contributed by atoms with van der Waals surface area (Å²) in [5, 5.41) is 6.83. The minimum Gasteiger partial charge on any atom is -0.253 e. The lowest BCUT2D eigenvalue weighted by molar-refractivity contribution is 1.10. The Morgan fingerprint density at radius 2 is 1.88 bits per heavy atom. The molecule has 0 spiro atoms. The quantitative estimate of drug-likeness (QED) is 0.696. The van der Waals surface area contributed by atoms with Gasteiger partial charge in [-0.15, -0.1) is 0 Å². The van der Waals surface area contributed by atoms with Gasteiger partial charge in [0.2, 0.25) is 5.28 Å². The van der Waals surface area contributed by atoms with Crippen molar-refractivity contribution in [3.8, 4) is 11.4 Å². The molecule has 0 aliphatic heterocycles. The summed E-state index contributed by atoms with van der Waals surface area (Å²) in [6, 6.07) is 5.64.